The molecule has 114 valence electrons. The zero-order valence-electron chi connectivity index (χ0n) is 12.3. The van der Waals surface area contributed by atoms with Crippen LogP contribution in [-0.2, 0) is 6.54 Å². The number of amides is 2. The molecule has 5 nitrogen and oxygen atoms in total. The zero-order valence-corrected chi connectivity index (χ0v) is 13.1. The number of hydrogen-bond acceptors (Lipinski definition) is 3. The lowest BCUT2D eigenvalue weighted by Crippen LogP contribution is -2.49. The molecule has 1 aromatic carbocycles. The van der Waals surface area contributed by atoms with Gasteiger partial charge in [0.2, 0.25) is 0 Å². The predicted octanol–water partition coefficient (Wildman–Crippen LogP) is 2.37. The number of carboxylic acids is 1. The lowest BCUT2D eigenvalue weighted by molar-refractivity contribution is 0.0696. The number of carbonyl (C=O) groups is 2. The van der Waals surface area contributed by atoms with Gasteiger partial charge in [0.05, 0.1) is 5.56 Å². The Morgan fingerprint density at radius 2 is 2.05 bits per heavy atom. The maximum atomic E-state index is 12.4. The van der Waals surface area contributed by atoms with Crippen molar-refractivity contribution in [2.45, 2.75) is 19.5 Å². The van der Waals surface area contributed by atoms with E-state index in [0.717, 1.165) is 23.6 Å². The highest BCUT2D eigenvalue weighted by molar-refractivity contribution is 7.99. The Morgan fingerprint density at radius 3 is 2.62 bits per heavy atom. The number of aromatic carboxylic acids is 1. The molecule has 1 unspecified atom stereocenters. The minimum Gasteiger partial charge on any atom is -0.478 e. The van der Waals surface area contributed by atoms with E-state index in [2.05, 4.69) is 6.92 Å². The lowest BCUT2D eigenvalue weighted by Gasteiger charge is -2.36. The molecule has 21 heavy (non-hydrogen) atoms. The van der Waals surface area contributed by atoms with Gasteiger partial charge in [-0.15, -0.1) is 0 Å². The third-order valence-electron chi connectivity index (χ3n) is 3.56. The monoisotopic (exact) mass is 308 g/mol. The highest BCUT2D eigenvalue weighted by atomic mass is 32.2. The fourth-order valence-electron chi connectivity index (χ4n) is 2.32. The topological polar surface area (TPSA) is 60.9 Å². The van der Waals surface area contributed by atoms with Crippen LogP contribution in [0.1, 0.15) is 22.8 Å². The fourth-order valence-corrected chi connectivity index (χ4v) is 3.34. The van der Waals surface area contributed by atoms with Crippen LogP contribution in [0.5, 0.6) is 0 Å². The van der Waals surface area contributed by atoms with Crippen molar-refractivity contribution in [1.29, 1.82) is 0 Å². The van der Waals surface area contributed by atoms with E-state index >= 15 is 0 Å². The second kappa shape index (κ2) is 6.85. The number of nitrogens with zero attached hydrogens (tertiary/aromatic N) is 2. The van der Waals surface area contributed by atoms with Crippen molar-refractivity contribution >= 4 is 23.8 Å². The summed E-state index contributed by atoms with van der Waals surface area (Å²) < 4.78 is 0. The Hall–Kier alpha value is -1.69. The van der Waals surface area contributed by atoms with Crippen molar-refractivity contribution < 1.29 is 14.7 Å². The Bertz CT molecular complexity index is 518. The molecule has 0 bridgehead atoms. The molecule has 1 fully saturated rings. The SMILES string of the molecule is CC1CSCCN1C(=O)N(C)Cc1ccc(C(=O)O)cc1. The number of hydrogen-bond donors (Lipinski definition) is 1. The average Bonchev–Trinajstić information content (AvgIpc) is 2.47. The van der Waals surface area contributed by atoms with E-state index in [0.29, 0.717) is 6.54 Å². The molecule has 1 atom stereocenters. The normalized spacial score (nSPS) is 18.4. The molecular formula is C15H20N2O3S. The van der Waals surface area contributed by atoms with Crippen LogP contribution < -0.4 is 0 Å². The van der Waals surface area contributed by atoms with Crippen molar-refractivity contribution in [3.8, 4) is 0 Å². The fraction of sp³-hybridized carbons (Fsp3) is 0.467. The molecule has 2 rings (SSSR count). The van der Waals surface area contributed by atoms with Crippen LogP contribution >= 0.6 is 11.8 Å². The Labute approximate surface area is 128 Å². The smallest absolute Gasteiger partial charge is 0.335 e. The van der Waals surface area contributed by atoms with Crippen LogP contribution in [0.3, 0.4) is 0 Å². The maximum absolute atomic E-state index is 12.4. The van der Waals surface area contributed by atoms with Crippen LogP contribution in [0.15, 0.2) is 24.3 Å². The third kappa shape index (κ3) is 3.91. The molecule has 2 amide bonds. The van der Waals surface area contributed by atoms with Gasteiger partial charge in [-0.1, -0.05) is 12.1 Å². The molecule has 0 aromatic heterocycles. The van der Waals surface area contributed by atoms with Gasteiger partial charge in [0.1, 0.15) is 0 Å². The first-order valence-electron chi connectivity index (χ1n) is 6.90. The van der Waals surface area contributed by atoms with E-state index in [-0.39, 0.29) is 17.6 Å². The van der Waals surface area contributed by atoms with Crippen LogP contribution in [0.2, 0.25) is 0 Å². The first-order valence-corrected chi connectivity index (χ1v) is 8.06. The van der Waals surface area contributed by atoms with Crippen molar-refractivity contribution in [3.05, 3.63) is 35.4 Å². The molecule has 1 aromatic rings. The van der Waals surface area contributed by atoms with Crippen molar-refractivity contribution in [2.24, 2.45) is 0 Å². The highest BCUT2D eigenvalue weighted by Crippen LogP contribution is 2.18. The van der Waals surface area contributed by atoms with Gasteiger partial charge >= 0.3 is 12.0 Å². The van der Waals surface area contributed by atoms with Crippen LogP contribution in [0.25, 0.3) is 0 Å². The summed E-state index contributed by atoms with van der Waals surface area (Å²) in [5, 5.41) is 8.87. The molecule has 1 saturated heterocycles. The summed E-state index contributed by atoms with van der Waals surface area (Å²) >= 11 is 1.88. The van der Waals surface area contributed by atoms with Gasteiger partial charge in [0.15, 0.2) is 0 Å². The minimum absolute atomic E-state index is 0.0325. The summed E-state index contributed by atoms with van der Waals surface area (Å²) in [6.45, 7) is 3.33. The molecule has 1 aliphatic rings. The minimum atomic E-state index is -0.939. The summed E-state index contributed by atoms with van der Waals surface area (Å²) in [5.41, 5.74) is 1.18. The molecule has 0 spiro atoms. The zero-order chi connectivity index (χ0) is 15.4. The number of carbonyl (C=O) groups excluding carboxylic acids is 1. The largest absolute Gasteiger partial charge is 0.478 e. The summed E-state index contributed by atoms with van der Waals surface area (Å²) in [5.74, 6) is 1.02. The molecule has 1 heterocycles. The predicted molar refractivity (Wildman–Crippen MR) is 83.8 cm³/mol. The van der Waals surface area contributed by atoms with E-state index < -0.39 is 5.97 Å². The van der Waals surface area contributed by atoms with Crippen LogP contribution in [0, 0.1) is 0 Å². The number of urea groups is 1. The number of carboxylic acid groups (broad SMARTS) is 1. The first kappa shape index (κ1) is 15.7. The number of rotatable bonds is 3. The van der Waals surface area contributed by atoms with Crippen molar-refractivity contribution in [1.82, 2.24) is 9.80 Å². The van der Waals surface area contributed by atoms with Gasteiger partial charge in [-0.05, 0) is 24.6 Å². The van der Waals surface area contributed by atoms with E-state index in [1.807, 2.05) is 16.7 Å². The molecule has 6 heteroatoms. The summed E-state index contributed by atoms with van der Waals surface area (Å²) in [7, 11) is 1.78. The number of thioether (sulfide) groups is 1. The van der Waals surface area contributed by atoms with Crippen molar-refractivity contribution in [2.75, 3.05) is 25.1 Å². The highest BCUT2D eigenvalue weighted by Gasteiger charge is 2.25. The van der Waals surface area contributed by atoms with Crippen LogP contribution in [-0.4, -0.2) is 58.0 Å². The van der Waals surface area contributed by atoms with Gasteiger partial charge in [0.25, 0.3) is 0 Å². The maximum Gasteiger partial charge on any atom is 0.335 e. The van der Waals surface area contributed by atoms with Crippen molar-refractivity contribution in [3.63, 3.8) is 0 Å². The molecule has 1 aliphatic heterocycles. The van der Waals surface area contributed by atoms with Gasteiger partial charge in [0, 0.05) is 37.7 Å². The molecule has 0 radical (unpaired) electrons. The summed E-state index contributed by atoms with van der Waals surface area (Å²) in [4.78, 5) is 26.8. The first-order chi connectivity index (χ1) is 9.99. The van der Waals surface area contributed by atoms with E-state index in [1.165, 1.54) is 0 Å². The van der Waals surface area contributed by atoms with Gasteiger partial charge in [-0.2, -0.15) is 11.8 Å². The summed E-state index contributed by atoms with van der Waals surface area (Å²) in [6.07, 6.45) is 0. The second-order valence-electron chi connectivity index (χ2n) is 5.26. The average molecular weight is 308 g/mol. The second-order valence-corrected chi connectivity index (χ2v) is 6.41. The quantitative estimate of drug-likeness (QED) is 0.931. The summed E-state index contributed by atoms with van der Waals surface area (Å²) in [6, 6.07) is 6.93. The number of benzene rings is 1. The van der Waals surface area contributed by atoms with E-state index in [9.17, 15) is 9.59 Å². The standard InChI is InChI=1S/C15H20N2O3S/c1-11-10-21-8-7-17(11)15(20)16(2)9-12-3-5-13(6-4-12)14(18)19/h3-6,11H,7-10H2,1-2H3,(H,18,19). The third-order valence-corrected chi connectivity index (χ3v) is 4.75. The molecule has 0 aliphatic carbocycles. The Kier molecular flexibility index (Phi) is 5.12. The van der Waals surface area contributed by atoms with E-state index in [4.69, 9.17) is 5.11 Å². The van der Waals surface area contributed by atoms with Gasteiger partial charge in [-0.25, -0.2) is 9.59 Å². The molecule has 0 saturated carbocycles. The van der Waals surface area contributed by atoms with Gasteiger partial charge < -0.3 is 14.9 Å². The van der Waals surface area contributed by atoms with E-state index in [1.54, 1.807) is 36.2 Å². The van der Waals surface area contributed by atoms with Crippen LogP contribution in [0.4, 0.5) is 4.79 Å². The lowest BCUT2D eigenvalue weighted by atomic mass is 10.1. The Balaban J connectivity index is 1.98. The molecular weight excluding hydrogens is 288 g/mol. The Morgan fingerprint density at radius 1 is 1.38 bits per heavy atom. The molecule has 1 N–H and O–H groups in total. The van der Waals surface area contributed by atoms with Gasteiger partial charge in [-0.3, -0.25) is 0 Å².